The highest BCUT2D eigenvalue weighted by Gasteiger charge is 2.14. The number of rotatable bonds is 3. The van der Waals surface area contributed by atoms with Gasteiger partial charge in [-0.15, -0.1) is 0 Å². The van der Waals surface area contributed by atoms with Gasteiger partial charge >= 0.3 is 6.09 Å². The second kappa shape index (κ2) is 6.39. The first kappa shape index (κ1) is 15.0. The molecular weight excluding hydrogens is 264 g/mol. The topological polar surface area (TPSA) is 51.2 Å². The van der Waals surface area contributed by atoms with Crippen molar-refractivity contribution in [1.29, 1.82) is 0 Å². The van der Waals surface area contributed by atoms with E-state index in [1.165, 1.54) is 0 Å². The minimum absolute atomic E-state index is 0.408. The van der Waals surface area contributed by atoms with Crippen LogP contribution in [0.1, 0.15) is 26.3 Å². The summed E-state index contributed by atoms with van der Waals surface area (Å²) in [6, 6.07) is 8.03. The van der Waals surface area contributed by atoms with Crippen molar-refractivity contribution >= 4 is 22.9 Å². The van der Waals surface area contributed by atoms with Crippen molar-refractivity contribution in [2.45, 2.75) is 26.4 Å². The fourth-order valence-corrected chi connectivity index (χ4v) is 1.94. The van der Waals surface area contributed by atoms with Crippen LogP contribution in [-0.2, 0) is 4.74 Å². The van der Waals surface area contributed by atoms with Gasteiger partial charge < -0.3 is 10.1 Å². The predicted octanol–water partition coefficient (Wildman–Crippen LogP) is 3.77. The SMILES string of the molecule is CC(C)(C)OC(=O)NCC=Cc1cccc2cnccc12. The van der Waals surface area contributed by atoms with Crippen LogP contribution in [-0.4, -0.2) is 23.2 Å². The van der Waals surface area contributed by atoms with Gasteiger partial charge in [0, 0.05) is 24.3 Å². The average Bonchev–Trinajstić information content (AvgIpc) is 2.42. The summed E-state index contributed by atoms with van der Waals surface area (Å²) in [5.74, 6) is 0. The highest BCUT2D eigenvalue weighted by atomic mass is 16.6. The Kier molecular flexibility index (Phi) is 4.58. The molecule has 1 N–H and O–H groups in total. The molecule has 0 bridgehead atoms. The third kappa shape index (κ3) is 4.60. The van der Waals surface area contributed by atoms with Gasteiger partial charge in [0.05, 0.1) is 0 Å². The number of pyridine rings is 1. The molecule has 0 unspecified atom stereocenters. The first-order valence-electron chi connectivity index (χ1n) is 6.92. The van der Waals surface area contributed by atoms with E-state index in [1.807, 2.05) is 63.4 Å². The lowest BCUT2D eigenvalue weighted by Gasteiger charge is -2.19. The number of amides is 1. The maximum Gasteiger partial charge on any atom is 0.407 e. The van der Waals surface area contributed by atoms with Crippen LogP contribution in [0.15, 0.2) is 42.7 Å². The van der Waals surface area contributed by atoms with E-state index in [-0.39, 0.29) is 0 Å². The van der Waals surface area contributed by atoms with Crippen molar-refractivity contribution in [2.75, 3.05) is 6.54 Å². The summed E-state index contributed by atoms with van der Waals surface area (Å²) in [7, 11) is 0. The largest absolute Gasteiger partial charge is 0.444 e. The van der Waals surface area contributed by atoms with Crippen LogP contribution in [0.2, 0.25) is 0 Å². The third-order valence-electron chi connectivity index (χ3n) is 2.78. The molecule has 21 heavy (non-hydrogen) atoms. The quantitative estimate of drug-likeness (QED) is 0.933. The molecule has 2 aromatic rings. The Morgan fingerprint density at radius 1 is 1.33 bits per heavy atom. The minimum Gasteiger partial charge on any atom is -0.444 e. The summed E-state index contributed by atoms with van der Waals surface area (Å²) in [6.45, 7) is 5.95. The fraction of sp³-hybridized carbons (Fsp3) is 0.294. The van der Waals surface area contributed by atoms with Gasteiger partial charge in [-0.3, -0.25) is 4.98 Å². The third-order valence-corrected chi connectivity index (χ3v) is 2.78. The number of hydrogen-bond acceptors (Lipinski definition) is 3. The van der Waals surface area contributed by atoms with Crippen molar-refractivity contribution in [2.24, 2.45) is 0 Å². The van der Waals surface area contributed by atoms with Crippen LogP contribution >= 0.6 is 0 Å². The molecule has 0 saturated carbocycles. The van der Waals surface area contributed by atoms with Crippen molar-refractivity contribution in [3.8, 4) is 0 Å². The van der Waals surface area contributed by atoms with Gasteiger partial charge in [0.2, 0.25) is 0 Å². The molecule has 0 spiro atoms. The van der Waals surface area contributed by atoms with Crippen LogP contribution in [0.25, 0.3) is 16.8 Å². The first-order chi connectivity index (χ1) is 9.96. The maximum absolute atomic E-state index is 11.5. The van der Waals surface area contributed by atoms with Crippen molar-refractivity contribution in [3.05, 3.63) is 48.3 Å². The van der Waals surface area contributed by atoms with E-state index < -0.39 is 11.7 Å². The zero-order valence-electron chi connectivity index (χ0n) is 12.6. The van der Waals surface area contributed by atoms with Gasteiger partial charge in [-0.2, -0.15) is 0 Å². The number of carbonyl (C=O) groups is 1. The lowest BCUT2D eigenvalue weighted by atomic mass is 10.1. The molecule has 0 fully saturated rings. The molecule has 1 aromatic carbocycles. The molecule has 1 heterocycles. The normalized spacial score (nSPS) is 11.8. The van der Waals surface area contributed by atoms with Crippen molar-refractivity contribution in [3.63, 3.8) is 0 Å². The summed E-state index contributed by atoms with van der Waals surface area (Å²) >= 11 is 0. The number of nitrogens with zero attached hydrogens (tertiary/aromatic N) is 1. The standard InChI is InChI=1S/C17H20N2O2/c1-17(2,3)21-16(20)19-10-5-8-13-6-4-7-14-12-18-11-9-15(13)14/h4-9,11-12H,10H2,1-3H3,(H,19,20). The molecular formula is C17H20N2O2. The average molecular weight is 284 g/mol. The van der Waals surface area contributed by atoms with E-state index in [9.17, 15) is 4.79 Å². The Morgan fingerprint density at radius 3 is 2.90 bits per heavy atom. The highest BCUT2D eigenvalue weighted by Crippen LogP contribution is 2.18. The number of benzene rings is 1. The number of alkyl carbamates (subject to hydrolysis) is 1. The monoisotopic (exact) mass is 284 g/mol. The molecule has 1 amide bonds. The summed E-state index contributed by atoms with van der Waals surface area (Å²) < 4.78 is 5.17. The molecule has 110 valence electrons. The van der Waals surface area contributed by atoms with Gasteiger partial charge in [-0.25, -0.2) is 4.79 Å². The van der Waals surface area contributed by atoms with Crippen LogP contribution in [0.3, 0.4) is 0 Å². The van der Waals surface area contributed by atoms with Gasteiger partial charge in [0.25, 0.3) is 0 Å². The lowest BCUT2D eigenvalue weighted by molar-refractivity contribution is 0.0534. The predicted molar refractivity (Wildman–Crippen MR) is 85.0 cm³/mol. The van der Waals surface area contributed by atoms with Crippen LogP contribution < -0.4 is 5.32 Å². The Hall–Kier alpha value is -2.36. The highest BCUT2D eigenvalue weighted by molar-refractivity contribution is 5.89. The van der Waals surface area contributed by atoms with E-state index in [0.29, 0.717) is 6.54 Å². The van der Waals surface area contributed by atoms with Crippen LogP contribution in [0.5, 0.6) is 0 Å². The van der Waals surface area contributed by atoms with Gasteiger partial charge in [0.15, 0.2) is 0 Å². The molecule has 0 aliphatic carbocycles. The van der Waals surface area contributed by atoms with Crippen LogP contribution in [0.4, 0.5) is 4.79 Å². The molecule has 2 rings (SSSR count). The van der Waals surface area contributed by atoms with E-state index in [2.05, 4.69) is 10.3 Å². The van der Waals surface area contributed by atoms with E-state index in [0.717, 1.165) is 16.3 Å². The van der Waals surface area contributed by atoms with E-state index in [1.54, 1.807) is 6.20 Å². The molecule has 4 nitrogen and oxygen atoms in total. The first-order valence-corrected chi connectivity index (χ1v) is 6.92. The number of aromatic nitrogens is 1. The zero-order valence-corrected chi connectivity index (χ0v) is 12.6. The lowest BCUT2D eigenvalue weighted by Crippen LogP contribution is -2.32. The fourth-order valence-electron chi connectivity index (χ4n) is 1.94. The summed E-state index contributed by atoms with van der Waals surface area (Å²) in [5.41, 5.74) is 0.622. The number of ether oxygens (including phenoxy) is 1. The van der Waals surface area contributed by atoms with Crippen molar-refractivity contribution < 1.29 is 9.53 Å². The number of fused-ring (bicyclic) bond motifs is 1. The van der Waals surface area contributed by atoms with Crippen molar-refractivity contribution in [1.82, 2.24) is 10.3 Å². The smallest absolute Gasteiger partial charge is 0.407 e. The molecule has 1 aromatic heterocycles. The number of hydrogen-bond donors (Lipinski definition) is 1. The molecule has 0 atom stereocenters. The van der Waals surface area contributed by atoms with Gasteiger partial charge in [0.1, 0.15) is 5.60 Å². The number of nitrogens with one attached hydrogen (secondary N) is 1. The maximum atomic E-state index is 11.5. The molecule has 0 saturated heterocycles. The van der Waals surface area contributed by atoms with Crippen LogP contribution in [0, 0.1) is 0 Å². The minimum atomic E-state index is -0.476. The molecule has 4 heteroatoms. The Morgan fingerprint density at radius 2 is 2.14 bits per heavy atom. The Balaban J connectivity index is 1.96. The number of carbonyl (C=O) groups excluding carboxylic acids is 1. The zero-order chi connectivity index (χ0) is 15.3. The van der Waals surface area contributed by atoms with Gasteiger partial charge in [-0.05, 0) is 37.8 Å². The summed E-state index contributed by atoms with van der Waals surface area (Å²) in [6.07, 6.45) is 7.09. The summed E-state index contributed by atoms with van der Waals surface area (Å²) in [4.78, 5) is 15.6. The van der Waals surface area contributed by atoms with E-state index >= 15 is 0 Å². The molecule has 0 aliphatic rings. The molecule has 0 radical (unpaired) electrons. The summed E-state index contributed by atoms with van der Waals surface area (Å²) in [5, 5.41) is 4.93. The Bertz CT molecular complexity index is 652. The Labute approximate surface area is 124 Å². The second-order valence-electron chi connectivity index (χ2n) is 5.73. The van der Waals surface area contributed by atoms with E-state index in [4.69, 9.17) is 4.74 Å². The second-order valence-corrected chi connectivity index (χ2v) is 5.73. The van der Waals surface area contributed by atoms with Gasteiger partial charge in [-0.1, -0.05) is 30.4 Å². The molecule has 0 aliphatic heterocycles.